The quantitative estimate of drug-likeness (QED) is 0.392. The van der Waals surface area contributed by atoms with Gasteiger partial charge in [0.1, 0.15) is 0 Å². The molecule has 0 heterocycles. The summed E-state index contributed by atoms with van der Waals surface area (Å²) < 4.78 is 6.81. The van der Waals surface area contributed by atoms with E-state index in [1.165, 1.54) is 10.0 Å². The fraction of sp³-hybridized carbons (Fsp3) is 0.571. The van der Waals surface area contributed by atoms with Crippen molar-refractivity contribution in [2.24, 2.45) is 0 Å². The average Bonchev–Trinajstić information content (AvgIpc) is 2.41. The van der Waals surface area contributed by atoms with Gasteiger partial charge in [-0.05, 0) is 24.5 Å². The highest BCUT2D eigenvalue weighted by molar-refractivity contribution is 9.10. The summed E-state index contributed by atoms with van der Waals surface area (Å²) in [6, 6.07) is 8.43. The molecule has 1 aromatic rings. The van der Waals surface area contributed by atoms with E-state index in [-0.39, 0.29) is 5.41 Å². The van der Waals surface area contributed by atoms with E-state index in [9.17, 15) is 0 Å². The van der Waals surface area contributed by atoms with Gasteiger partial charge in [-0.15, -0.1) is 0 Å². The van der Waals surface area contributed by atoms with E-state index in [1.807, 2.05) is 6.07 Å². The van der Waals surface area contributed by atoms with Crippen LogP contribution in [-0.2, 0) is 10.2 Å². The second kappa shape index (κ2) is 8.72. The molecule has 0 aliphatic heterocycles. The Kier molecular flexibility index (Phi) is 8.08. The van der Waals surface area contributed by atoms with Gasteiger partial charge in [0.25, 0.3) is 0 Å². The van der Waals surface area contributed by atoms with E-state index in [4.69, 9.17) is 4.74 Å². The summed E-state index contributed by atoms with van der Waals surface area (Å²) in [5, 5.41) is 1.84. The molecule has 0 bridgehead atoms. The first-order chi connectivity index (χ1) is 8.70. The first-order valence-corrected chi connectivity index (χ1v) is 9.18. The summed E-state index contributed by atoms with van der Waals surface area (Å²) in [6.45, 7) is 3.78. The third-order valence-corrected chi connectivity index (χ3v) is 5.87. The lowest BCUT2D eigenvalue weighted by atomic mass is 9.82. The van der Waals surface area contributed by atoms with Gasteiger partial charge in [-0.1, -0.05) is 72.9 Å². The average molecular weight is 443 g/mol. The van der Waals surface area contributed by atoms with Crippen molar-refractivity contribution in [3.8, 4) is 0 Å². The first kappa shape index (κ1) is 16.7. The van der Waals surface area contributed by atoms with Crippen molar-refractivity contribution < 1.29 is 4.74 Å². The van der Waals surface area contributed by atoms with Crippen molar-refractivity contribution in [2.75, 3.05) is 23.9 Å². The molecular formula is C14H19Br3O. The molecule has 18 heavy (non-hydrogen) atoms. The Bertz CT molecular complexity index is 351. The van der Waals surface area contributed by atoms with Crippen molar-refractivity contribution in [3.63, 3.8) is 0 Å². The molecule has 0 aliphatic carbocycles. The van der Waals surface area contributed by atoms with Gasteiger partial charge in [0.05, 0.1) is 0 Å². The van der Waals surface area contributed by atoms with Crippen molar-refractivity contribution in [1.29, 1.82) is 0 Å². The standard InChI is InChI=1S/C14H19Br3O/c1-2-8-18-9-7-14(10-15,11-16)12-5-3-4-6-13(12)17/h3-6H,2,7-11H2,1H3. The normalized spacial score (nSPS) is 11.8. The van der Waals surface area contributed by atoms with E-state index in [2.05, 4.69) is 72.9 Å². The van der Waals surface area contributed by atoms with Crippen LogP contribution in [0, 0.1) is 0 Å². The summed E-state index contributed by atoms with van der Waals surface area (Å²) in [6.07, 6.45) is 2.08. The second-order valence-corrected chi connectivity index (χ2v) is 6.37. The molecule has 0 amide bonds. The lowest BCUT2D eigenvalue weighted by molar-refractivity contribution is 0.120. The molecule has 0 spiro atoms. The lowest BCUT2D eigenvalue weighted by Crippen LogP contribution is -2.32. The summed E-state index contributed by atoms with van der Waals surface area (Å²) in [5.74, 6) is 0. The van der Waals surface area contributed by atoms with Gasteiger partial charge in [0.15, 0.2) is 0 Å². The zero-order valence-corrected chi connectivity index (χ0v) is 15.4. The highest BCUT2D eigenvalue weighted by atomic mass is 79.9. The number of hydrogen-bond donors (Lipinski definition) is 0. The van der Waals surface area contributed by atoms with Crippen LogP contribution in [0.2, 0.25) is 0 Å². The fourth-order valence-corrected chi connectivity index (χ4v) is 4.65. The van der Waals surface area contributed by atoms with Crippen LogP contribution >= 0.6 is 47.8 Å². The van der Waals surface area contributed by atoms with Crippen LogP contribution in [0.15, 0.2) is 28.7 Å². The van der Waals surface area contributed by atoms with Crippen LogP contribution in [0.25, 0.3) is 0 Å². The molecule has 102 valence electrons. The minimum atomic E-state index is 0.0772. The molecule has 0 N–H and O–H groups in total. The van der Waals surface area contributed by atoms with Gasteiger partial charge in [0.2, 0.25) is 0 Å². The molecule has 0 aromatic heterocycles. The number of hydrogen-bond acceptors (Lipinski definition) is 1. The SMILES string of the molecule is CCCOCCC(CBr)(CBr)c1ccccc1Br. The van der Waals surface area contributed by atoms with E-state index >= 15 is 0 Å². The summed E-state index contributed by atoms with van der Waals surface area (Å²) in [4.78, 5) is 0. The lowest BCUT2D eigenvalue weighted by Gasteiger charge is -2.31. The van der Waals surface area contributed by atoms with E-state index in [0.717, 1.165) is 36.7 Å². The van der Waals surface area contributed by atoms with Gasteiger partial charge >= 0.3 is 0 Å². The van der Waals surface area contributed by atoms with Gasteiger partial charge in [-0.25, -0.2) is 0 Å². The van der Waals surface area contributed by atoms with Crippen LogP contribution in [0.1, 0.15) is 25.3 Å². The molecule has 0 aliphatic rings. The summed E-state index contributed by atoms with van der Waals surface area (Å²) >= 11 is 11.0. The smallest absolute Gasteiger partial charge is 0.0475 e. The van der Waals surface area contributed by atoms with Crippen LogP contribution in [0.5, 0.6) is 0 Å². The van der Waals surface area contributed by atoms with Crippen LogP contribution in [0.4, 0.5) is 0 Å². The maximum atomic E-state index is 5.65. The Morgan fingerprint density at radius 1 is 1.11 bits per heavy atom. The monoisotopic (exact) mass is 440 g/mol. The van der Waals surface area contributed by atoms with Crippen LogP contribution in [0.3, 0.4) is 0 Å². The van der Waals surface area contributed by atoms with Gasteiger partial charge in [-0.3, -0.25) is 0 Å². The Labute approximate surface area is 135 Å². The zero-order valence-electron chi connectivity index (χ0n) is 10.6. The number of alkyl halides is 2. The molecule has 0 atom stereocenters. The van der Waals surface area contributed by atoms with E-state index in [0.29, 0.717) is 0 Å². The van der Waals surface area contributed by atoms with E-state index < -0.39 is 0 Å². The molecule has 1 rings (SSSR count). The fourth-order valence-electron chi connectivity index (χ4n) is 1.85. The molecule has 0 radical (unpaired) electrons. The molecule has 1 nitrogen and oxygen atoms in total. The minimum Gasteiger partial charge on any atom is -0.381 e. The van der Waals surface area contributed by atoms with Gasteiger partial charge in [-0.2, -0.15) is 0 Å². The summed E-state index contributed by atoms with van der Waals surface area (Å²) in [5.41, 5.74) is 1.41. The maximum Gasteiger partial charge on any atom is 0.0475 e. The third-order valence-electron chi connectivity index (χ3n) is 3.03. The Morgan fingerprint density at radius 2 is 1.78 bits per heavy atom. The number of rotatable bonds is 8. The number of benzene rings is 1. The highest BCUT2D eigenvalue weighted by Crippen LogP contribution is 2.36. The minimum absolute atomic E-state index is 0.0772. The first-order valence-electron chi connectivity index (χ1n) is 6.15. The van der Waals surface area contributed by atoms with Gasteiger partial charge in [0, 0.05) is 33.8 Å². The largest absolute Gasteiger partial charge is 0.381 e. The molecule has 0 unspecified atom stereocenters. The Hall–Kier alpha value is 0.620. The van der Waals surface area contributed by atoms with Crippen molar-refractivity contribution in [3.05, 3.63) is 34.3 Å². The molecule has 0 fully saturated rings. The molecule has 0 saturated carbocycles. The van der Waals surface area contributed by atoms with Gasteiger partial charge < -0.3 is 4.74 Å². The predicted molar refractivity (Wildman–Crippen MR) is 89.1 cm³/mol. The van der Waals surface area contributed by atoms with Crippen LogP contribution in [-0.4, -0.2) is 23.9 Å². The van der Waals surface area contributed by atoms with Crippen molar-refractivity contribution >= 4 is 47.8 Å². The maximum absolute atomic E-state index is 5.65. The Morgan fingerprint density at radius 3 is 2.33 bits per heavy atom. The zero-order chi connectivity index (χ0) is 13.4. The third kappa shape index (κ3) is 4.32. The highest BCUT2D eigenvalue weighted by Gasteiger charge is 2.31. The Balaban J connectivity index is 2.83. The molecular weight excluding hydrogens is 424 g/mol. The second-order valence-electron chi connectivity index (χ2n) is 4.39. The van der Waals surface area contributed by atoms with Crippen molar-refractivity contribution in [1.82, 2.24) is 0 Å². The number of halogens is 3. The van der Waals surface area contributed by atoms with E-state index in [1.54, 1.807) is 0 Å². The number of ether oxygens (including phenoxy) is 1. The van der Waals surface area contributed by atoms with Crippen LogP contribution < -0.4 is 0 Å². The summed E-state index contributed by atoms with van der Waals surface area (Å²) in [7, 11) is 0. The molecule has 1 aromatic carbocycles. The topological polar surface area (TPSA) is 9.23 Å². The molecule has 0 saturated heterocycles. The predicted octanol–water partition coefficient (Wildman–Crippen LogP) is 5.29. The molecule has 4 heteroatoms. The van der Waals surface area contributed by atoms with Crippen molar-refractivity contribution in [2.45, 2.75) is 25.2 Å².